The third-order valence-corrected chi connectivity index (χ3v) is 5.72. The van der Waals surface area contributed by atoms with Crippen LogP contribution in [0.15, 0.2) is 65.7 Å². The van der Waals surface area contributed by atoms with E-state index in [1.54, 1.807) is 0 Å². The first-order valence-electron chi connectivity index (χ1n) is 10.1. The Labute approximate surface area is 185 Å². The third-order valence-electron chi connectivity index (χ3n) is 4.72. The van der Waals surface area contributed by atoms with Crippen LogP contribution in [0.4, 0.5) is 5.69 Å². The summed E-state index contributed by atoms with van der Waals surface area (Å²) in [6, 6.07) is 19.5. The first-order valence-corrected chi connectivity index (χ1v) is 11.1. The number of benzene rings is 2. The molecular weight excluding hydrogens is 408 g/mol. The molecule has 2 aromatic heterocycles. The third kappa shape index (κ3) is 4.72. The Morgan fingerprint density at radius 2 is 1.84 bits per heavy atom. The van der Waals surface area contributed by atoms with Gasteiger partial charge in [-0.05, 0) is 56.7 Å². The number of carbonyl (C=O) groups is 1. The molecule has 2 aromatic carbocycles. The zero-order valence-corrected chi connectivity index (χ0v) is 18.6. The molecule has 158 valence electrons. The van der Waals surface area contributed by atoms with Gasteiger partial charge in [0.15, 0.2) is 5.65 Å². The number of hydrogen-bond acceptors (Lipinski definition) is 5. The van der Waals surface area contributed by atoms with Gasteiger partial charge in [0, 0.05) is 16.9 Å². The van der Waals surface area contributed by atoms with Gasteiger partial charge in [-0.15, -0.1) is 0 Å². The van der Waals surface area contributed by atoms with Gasteiger partial charge in [0.25, 0.3) is 0 Å². The molecule has 4 rings (SSSR count). The van der Waals surface area contributed by atoms with Crippen molar-refractivity contribution >= 4 is 29.0 Å². The van der Waals surface area contributed by atoms with Gasteiger partial charge < -0.3 is 10.1 Å². The van der Waals surface area contributed by atoms with Crippen LogP contribution in [-0.4, -0.2) is 32.9 Å². The molecule has 31 heavy (non-hydrogen) atoms. The smallest absolute Gasteiger partial charge is 0.234 e. The first kappa shape index (κ1) is 20.9. The lowest BCUT2D eigenvalue weighted by molar-refractivity contribution is -0.113. The van der Waals surface area contributed by atoms with E-state index >= 15 is 0 Å². The molecule has 0 saturated heterocycles. The lowest BCUT2D eigenvalue weighted by Crippen LogP contribution is -2.14. The molecular formula is C24H24N4O2S. The van der Waals surface area contributed by atoms with Gasteiger partial charge in [-0.2, -0.15) is 5.10 Å². The largest absolute Gasteiger partial charge is 0.494 e. The molecule has 1 amide bonds. The van der Waals surface area contributed by atoms with Crippen LogP contribution in [0.5, 0.6) is 5.75 Å². The number of carbonyl (C=O) groups excluding carboxylic acids is 1. The Morgan fingerprint density at radius 3 is 2.55 bits per heavy atom. The number of anilines is 1. The van der Waals surface area contributed by atoms with Crippen LogP contribution >= 0.6 is 11.8 Å². The maximum Gasteiger partial charge on any atom is 0.234 e. The molecule has 0 bridgehead atoms. The van der Waals surface area contributed by atoms with Gasteiger partial charge in [-0.25, -0.2) is 9.50 Å². The average molecular weight is 433 g/mol. The second-order valence-electron chi connectivity index (χ2n) is 7.09. The van der Waals surface area contributed by atoms with E-state index in [2.05, 4.69) is 17.4 Å². The Morgan fingerprint density at radius 1 is 1.10 bits per heavy atom. The number of hydrogen-bond donors (Lipinski definition) is 1. The lowest BCUT2D eigenvalue weighted by Gasteiger charge is -2.08. The molecule has 0 aliphatic carbocycles. The predicted molar refractivity (Wildman–Crippen MR) is 125 cm³/mol. The van der Waals surface area contributed by atoms with Gasteiger partial charge in [-0.1, -0.05) is 42.1 Å². The SMILES string of the molecule is CCOc1ccc(NC(=O)CSc2cc(C)nc3c(-c4ccccc4)c(C)nn23)cc1. The van der Waals surface area contributed by atoms with E-state index in [4.69, 9.17) is 14.8 Å². The highest BCUT2D eigenvalue weighted by molar-refractivity contribution is 7.99. The summed E-state index contributed by atoms with van der Waals surface area (Å²) in [7, 11) is 0. The van der Waals surface area contributed by atoms with Crippen molar-refractivity contribution in [2.24, 2.45) is 0 Å². The van der Waals surface area contributed by atoms with Crippen LogP contribution in [0, 0.1) is 13.8 Å². The van der Waals surface area contributed by atoms with Crippen LogP contribution in [0.1, 0.15) is 18.3 Å². The molecule has 0 spiro atoms. The molecule has 0 aliphatic rings. The van der Waals surface area contributed by atoms with E-state index in [1.807, 2.05) is 73.8 Å². The molecule has 6 nitrogen and oxygen atoms in total. The van der Waals surface area contributed by atoms with Crippen molar-refractivity contribution in [1.82, 2.24) is 14.6 Å². The van der Waals surface area contributed by atoms with Gasteiger partial charge in [0.1, 0.15) is 10.8 Å². The molecule has 0 fully saturated rings. The summed E-state index contributed by atoms with van der Waals surface area (Å²) in [4.78, 5) is 17.2. The van der Waals surface area contributed by atoms with Crippen LogP contribution in [-0.2, 0) is 4.79 Å². The minimum absolute atomic E-state index is 0.0797. The summed E-state index contributed by atoms with van der Waals surface area (Å²) < 4.78 is 7.27. The second kappa shape index (κ2) is 9.22. The number of amides is 1. The van der Waals surface area contributed by atoms with E-state index in [0.29, 0.717) is 6.61 Å². The standard InChI is InChI=1S/C24H24N4O2S/c1-4-30-20-12-10-19(11-13-20)26-21(29)15-31-22-14-16(2)25-24-23(17(3)27-28(22)24)18-8-6-5-7-9-18/h5-14H,4,15H2,1-3H3,(H,26,29). The average Bonchev–Trinajstić information content (AvgIpc) is 3.10. The van der Waals surface area contributed by atoms with Crippen LogP contribution in [0.2, 0.25) is 0 Å². The van der Waals surface area contributed by atoms with Gasteiger partial charge >= 0.3 is 0 Å². The van der Waals surface area contributed by atoms with Crippen molar-refractivity contribution in [2.45, 2.75) is 25.8 Å². The summed E-state index contributed by atoms with van der Waals surface area (Å²) in [5.41, 5.74) is 5.44. The van der Waals surface area contributed by atoms with E-state index in [9.17, 15) is 4.79 Å². The summed E-state index contributed by atoms with van der Waals surface area (Å²) in [5.74, 6) is 0.974. The van der Waals surface area contributed by atoms with Crippen LogP contribution < -0.4 is 10.1 Å². The van der Waals surface area contributed by atoms with Crippen LogP contribution in [0.3, 0.4) is 0 Å². The number of nitrogens with one attached hydrogen (secondary N) is 1. The highest BCUT2D eigenvalue weighted by Gasteiger charge is 2.17. The number of aromatic nitrogens is 3. The monoisotopic (exact) mass is 432 g/mol. The maximum absolute atomic E-state index is 12.5. The van der Waals surface area contributed by atoms with Crippen molar-refractivity contribution in [3.05, 3.63) is 72.1 Å². The van der Waals surface area contributed by atoms with Gasteiger partial charge in [0.2, 0.25) is 5.91 Å². The topological polar surface area (TPSA) is 68.5 Å². The zero-order chi connectivity index (χ0) is 21.8. The van der Waals surface area contributed by atoms with Crippen molar-refractivity contribution in [1.29, 1.82) is 0 Å². The maximum atomic E-state index is 12.5. The molecule has 0 unspecified atom stereocenters. The number of ether oxygens (including phenoxy) is 1. The van der Waals surface area contributed by atoms with Crippen molar-refractivity contribution in [3.63, 3.8) is 0 Å². The highest BCUT2D eigenvalue weighted by Crippen LogP contribution is 2.30. The minimum atomic E-state index is -0.0797. The van der Waals surface area contributed by atoms with E-state index in [0.717, 1.165) is 44.6 Å². The van der Waals surface area contributed by atoms with Gasteiger partial charge in [0.05, 0.1) is 18.1 Å². The molecule has 0 aliphatic heterocycles. The Hall–Kier alpha value is -3.32. The zero-order valence-electron chi connectivity index (χ0n) is 17.8. The minimum Gasteiger partial charge on any atom is -0.494 e. The van der Waals surface area contributed by atoms with Crippen molar-refractivity contribution < 1.29 is 9.53 Å². The fourth-order valence-corrected chi connectivity index (χ4v) is 4.25. The van der Waals surface area contributed by atoms with Gasteiger partial charge in [-0.3, -0.25) is 4.79 Å². The Bertz CT molecular complexity index is 1200. The first-order chi connectivity index (χ1) is 15.0. The summed E-state index contributed by atoms with van der Waals surface area (Å²) in [5, 5.41) is 8.52. The number of thioether (sulfide) groups is 1. The summed E-state index contributed by atoms with van der Waals surface area (Å²) >= 11 is 1.44. The van der Waals surface area contributed by atoms with E-state index in [1.165, 1.54) is 11.8 Å². The number of rotatable bonds is 7. The number of aryl methyl sites for hydroxylation is 2. The molecule has 0 radical (unpaired) electrons. The summed E-state index contributed by atoms with van der Waals surface area (Å²) in [6.45, 7) is 6.50. The second-order valence-corrected chi connectivity index (χ2v) is 8.09. The molecule has 2 heterocycles. The Balaban J connectivity index is 1.53. The summed E-state index contributed by atoms with van der Waals surface area (Å²) in [6.07, 6.45) is 0. The molecule has 7 heteroatoms. The quantitative estimate of drug-likeness (QED) is 0.323. The number of nitrogens with zero attached hydrogens (tertiary/aromatic N) is 3. The molecule has 4 aromatic rings. The Kier molecular flexibility index (Phi) is 6.23. The fourth-order valence-electron chi connectivity index (χ4n) is 3.39. The molecule has 0 saturated carbocycles. The molecule has 1 N–H and O–H groups in total. The normalized spacial score (nSPS) is 10.9. The lowest BCUT2D eigenvalue weighted by atomic mass is 10.1. The fraction of sp³-hybridized carbons (Fsp3) is 0.208. The molecule has 0 atom stereocenters. The van der Waals surface area contributed by atoms with Crippen molar-refractivity contribution in [3.8, 4) is 16.9 Å². The van der Waals surface area contributed by atoms with Crippen LogP contribution in [0.25, 0.3) is 16.8 Å². The van der Waals surface area contributed by atoms with E-state index in [-0.39, 0.29) is 11.7 Å². The van der Waals surface area contributed by atoms with Crippen molar-refractivity contribution in [2.75, 3.05) is 17.7 Å². The number of fused-ring (bicyclic) bond motifs is 1. The predicted octanol–water partition coefficient (Wildman–Crippen LogP) is 5.14. The highest BCUT2D eigenvalue weighted by atomic mass is 32.2. The van der Waals surface area contributed by atoms with E-state index < -0.39 is 0 Å².